The molecule has 162 valence electrons. The van der Waals surface area contributed by atoms with E-state index in [-0.39, 0.29) is 18.2 Å². The van der Waals surface area contributed by atoms with Crippen LogP contribution < -0.4 is 5.32 Å². The van der Waals surface area contributed by atoms with Crippen molar-refractivity contribution in [3.63, 3.8) is 0 Å². The molecule has 1 aromatic heterocycles. The van der Waals surface area contributed by atoms with E-state index in [4.69, 9.17) is 0 Å². The Labute approximate surface area is 183 Å². The average molecular weight is 418 g/mol. The van der Waals surface area contributed by atoms with E-state index in [1.807, 2.05) is 73.3 Å². The number of hydrogen-bond acceptors (Lipinski definition) is 2. The van der Waals surface area contributed by atoms with E-state index in [0.29, 0.717) is 19.4 Å². The van der Waals surface area contributed by atoms with Crippen molar-refractivity contribution in [3.05, 3.63) is 65.9 Å². The lowest BCUT2D eigenvalue weighted by atomic mass is 9.79. The molecule has 0 saturated heterocycles. The number of aromatic amines is 1. The number of para-hydroxylation sites is 1. The van der Waals surface area contributed by atoms with Crippen LogP contribution in [0.4, 0.5) is 5.69 Å². The van der Waals surface area contributed by atoms with Crippen LogP contribution in [0.3, 0.4) is 0 Å². The number of aromatic nitrogens is 1. The molecule has 0 spiro atoms. The molecule has 1 aliphatic rings. The van der Waals surface area contributed by atoms with E-state index in [2.05, 4.69) is 10.3 Å². The summed E-state index contributed by atoms with van der Waals surface area (Å²) in [7, 11) is 0. The van der Waals surface area contributed by atoms with Gasteiger partial charge in [-0.05, 0) is 61.9 Å². The molecule has 3 aromatic rings. The fraction of sp³-hybridized carbons (Fsp3) is 0.385. The maximum atomic E-state index is 13.6. The number of carbonyl (C=O) groups excluding carboxylic acids is 2. The summed E-state index contributed by atoms with van der Waals surface area (Å²) in [6.07, 6.45) is 4.69. The highest BCUT2D eigenvalue weighted by molar-refractivity contribution is 6.01. The van der Waals surface area contributed by atoms with Gasteiger partial charge in [0.15, 0.2) is 0 Å². The van der Waals surface area contributed by atoms with Crippen LogP contribution in [0.2, 0.25) is 0 Å². The third kappa shape index (κ3) is 4.36. The van der Waals surface area contributed by atoms with Crippen molar-refractivity contribution in [3.8, 4) is 0 Å². The first kappa shape index (κ1) is 21.2. The Hall–Kier alpha value is -3.08. The molecule has 2 aromatic carbocycles. The third-order valence-corrected chi connectivity index (χ3v) is 6.44. The number of benzene rings is 2. The summed E-state index contributed by atoms with van der Waals surface area (Å²) >= 11 is 0. The molecule has 0 bridgehead atoms. The van der Waals surface area contributed by atoms with Crippen molar-refractivity contribution in [2.45, 2.75) is 57.9 Å². The quantitative estimate of drug-likeness (QED) is 0.578. The first-order valence-electron chi connectivity index (χ1n) is 11.3. The number of rotatable bonds is 6. The molecular formula is C26H31N3O2. The number of nitrogens with zero attached hydrogens (tertiary/aromatic N) is 1. The van der Waals surface area contributed by atoms with Gasteiger partial charge in [-0.3, -0.25) is 9.59 Å². The maximum Gasteiger partial charge on any atom is 0.250 e. The zero-order valence-electron chi connectivity index (χ0n) is 18.4. The van der Waals surface area contributed by atoms with Gasteiger partial charge in [-0.15, -0.1) is 0 Å². The highest BCUT2D eigenvalue weighted by atomic mass is 16.2. The summed E-state index contributed by atoms with van der Waals surface area (Å²) < 4.78 is 0. The van der Waals surface area contributed by atoms with Crippen molar-refractivity contribution in [2.75, 3.05) is 11.9 Å². The summed E-state index contributed by atoms with van der Waals surface area (Å²) in [5, 5.41) is 4.20. The van der Waals surface area contributed by atoms with E-state index in [1.54, 1.807) is 0 Å². The van der Waals surface area contributed by atoms with Gasteiger partial charge >= 0.3 is 0 Å². The van der Waals surface area contributed by atoms with Crippen LogP contribution in [0.15, 0.2) is 54.6 Å². The molecule has 0 atom stereocenters. The molecule has 31 heavy (non-hydrogen) atoms. The second-order valence-electron chi connectivity index (χ2n) is 8.61. The normalized spacial score (nSPS) is 15.5. The third-order valence-electron chi connectivity index (χ3n) is 6.44. The molecule has 1 fully saturated rings. The van der Waals surface area contributed by atoms with Gasteiger partial charge in [-0.1, -0.05) is 49.6 Å². The molecule has 0 aliphatic heterocycles. The number of aryl methyl sites for hydroxylation is 1. The molecule has 0 radical (unpaired) electrons. The molecule has 2 amide bonds. The topological polar surface area (TPSA) is 65.2 Å². The van der Waals surface area contributed by atoms with Gasteiger partial charge in [-0.25, -0.2) is 0 Å². The van der Waals surface area contributed by atoms with Crippen LogP contribution >= 0.6 is 0 Å². The molecule has 1 aliphatic carbocycles. The Morgan fingerprint density at radius 1 is 1.03 bits per heavy atom. The number of anilines is 1. The van der Waals surface area contributed by atoms with Crippen molar-refractivity contribution < 1.29 is 9.59 Å². The van der Waals surface area contributed by atoms with Gasteiger partial charge in [0.25, 0.3) is 0 Å². The predicted molar refractivity (Wildman–Crippen MR) is 125 cm³/mol. The highest BCUT2D eigenvalue weighted by Crippen LogP contribution is 2.35. The van der Waals surface area contributed by atoms with E-state index in [0.717, 1.165) is 47.1 Å². The first-order valence-corrected chi connectivity index (χ1v) is 11.3. The van der Waals surface area contributed by atoms with E-state index < -0.39 is 5.54 Å². The van der Waals surface area contributed by atoms with Gasteiger partial charge in [0.2, 0.25) is 11.8 Å². The molecule has 5 nitrogen and oxygen atoms in total. The lowest BCUT2D eigenvalue weighted by Gasteiger charge is -2.44. The number of H-pyrrole nitrogens is 1. The fourth-order valence-electron chi connectivity index (χ4n) is 4.93. The predicted octanol–water partition coefficient (Wildman–Crippen LogP) is 5.21. The molecule has 4 rings (SSSR count). The smallest absolute Gasteiger partial charge is 0.250 e. The number of nitrogens with one attached hydrogen (secondary N) is 2. The summed E-state index contributed by atoms with van der Waals surface area (Å²) in [4.78, 5) is 32.2. The Morgan fingerprint density at radius 2 is 1.81 bits per heavy atom. The SMILES string of the molecule is CCN(C(=O)Cc1cc2ccccc2[nH]1)C1(C(=O)Nc2cccc(C)c2)CCCCC1. The molecule has 1 heterocycles. The van der Waals surface area contributed by atoms with Crippen molar-refractivity contribution >= 4 is 28.4 Å². The van der Waals surface area contributed by atoms with Crippen molar-refractivity contribution in [2.24, 2.45) is 0 Å². The van der Waals surface area contributed by atoms with Gasteiger partial charge in [0, 0.05) is 23.4 Å². The second kappa shape index (κ2) is 8.96. The van der Waals surface area contributed by atoms with Crippen molar-refractivity contribution in [1.82, 2.24) is 9.88 Å². The molecule has 2 N–H and O–H groups in total. The number of likely N-dealkylation sites (N-methyl/N-ethyl adjacent to an activating group) is 1. The van der Waals surface area contributed by atoms with Gasteiger partial charge in [-0.2, -0.15) is 0 Å². The zero-order valence-corrected chi connectivity index (χ0v) is 18.4. The van der Waals surface area contributed by atoms with E-state index >= 15 is 0 Å². The van der Waals surface area contributed by atoms with Crippen LogP contribution in [-0.4, -0.2) is 33.8 Å². The Morgan fingerprint density at radius 3 is 2.52 bits per heavy atom. The van der Waals surface area contributed by atoms with E-state index in [9.17, 15) is 9.59 Å². The minimum atomic E-state index is -0.792. The minimum absolute atomic E-state index is 0.00431. The van der Waals surface area contributed by atoms with Crippen LogP contribution in [0, 0.1) is 6.92 Å². The van der Waals surface area contributed by atoms with Crippen LogP contribution in [0.25, 0.3) is 10.9 Å². The molecule has 1 saturated carbocycles. The monoisotopic (exact) mass is 417 g/mol. The zero-order chi connectivity index (χ0) is 21.8. The summed E-state index contributed by atoms with van der Waals surface area (Å²) in [6.45, 7) is 4.49. The number of fused-ring (bicyclic) bond motifs is 1. The molecular weight excluding hydrogens is 386 g/mol. The largest absolute Gasteiger partial charge is 0.358 e. The summed E-state index contributed by atoms with van der Waals surface area (Å²) in [5.74, 6) is -0.0694. The fourth-order valence-corrected chi connectivity index (χ4v) is 4.93. The van der Waals surface area contributed by atoms with Crippen LogP contribution in [0.1, 0.15) is 50.3 Å². The summed E-state index contributed by atoms with van der Waals surface area (Å²) in [5.41, 5.74) is 3.00. The Bertz CT molecular complexity index is 1050. The Balaban J connectivity index is 1.59. The van der Waals surface area contributed by atoms with Gasteiger partial charge in [0.05, 0.1) is 6.42 Å². The van der Waals surface area contributed by atoms with Crippen LogP contribution in [0.5, 0.6) is 0 Å². The maximum absolute atomic E-state index is 13.6. The number of amides is 2. The number of carbonyl (C=O) groups is 2. The highest BCUT2D eigenvalue weighted by Gasteiger charge is 2.46. The molecule has 0 unspecified atom stereocenters. The number of hydrogen-bond donors (Lipinski definition) is 2. The van der Waals surface area contributed by atoms with Crippen molar-refractivity contribution in [1.29, 1.82) is 0 Å². The molecule has 5 heteroatoms. The summed E-state index contributed by atoms with van der Waals surface area (Å²) in [6, 6.07) is 17.9. The van der Waals surface area contributed by atoms with Gasteiger partial charge < -0.3 is 15.2 Å². The second-order valence-corrected chi connectivity index (χ2v) is 8.61. The minimum Gasteiger partial charge on any atom is -0.358 e. The lowest BCUT2D eigenvalue weighted by Crippen LogP contribution is -2.60. The van der Waals surface area contributed by atoms with Crippen LogP contribution in [-0.2, 0) is 16.0 Å². The average Bonchev–Trinajstić information content (AvgIpc) is 3.17. The Kier molecular flexibility index (Phi) is 6.12. The van der Waals surface area contributed by atoms with E-state index in [1.165, 1.54) is 0 Å². The standard InChI is InChI=1S/C26H31N3O2/c1-3-29(24(30)18-22-17-20-11-5-6-13-23(20)27-22)26(14-7-4-8-15-26)25(31)28-21-12-9-10-19(2)16-21/h5-6,9-13,16-17,27H,3-4,7-8,14-15,18H2,1-2H3,(H,28,31). The lowest BCUT2D eigenvalue weighted by molar-refractivity contribution is -0.147. The first-order chi connectivity index (χ1) is 15.0. The van der Waals surface area contributed by atoms with Gasteiger partial charge in [0.1, 0.15) is 5.54 Å².